The summed E-state index contributed by atoms with van der Waals surface area (Å²) in [5.41, 5.74) is 5.10. The Morgan fingerprint density at radius 1 is 0.737 bits per heavy atom. The molecular weight excluding hydrogens is 806 g/mol. The number of hydrogen-bond acceptors (Lipinski definition) is 9. The quantitative estimate of drug-likeness (QED) is 0.127. The third-order valence-electron chi connectivity index (χ3n) is 10.1. The molecule has 306 valence electrons. The number of ether oxygens (including phenoxy) is 3. The molecule has 1 saturated carbocycles. The van der Waals surface area contributed by atoms with Gasteiger partial charge in [-0.1, -0.05) is 25.3 Å². The smallest absolute Gasteiger partial charge is 0.344 e. The molecule has 0 spiro atoms. The average molecular weight is 856 g/mol. The van der Waals surface area contributed by atoms with Gasteiger partial charge in [0.25, 0.3) is 6.43 Å². The second-order valence-corrected chi connectivity index (χ2v) is 15.0. The number of carbonyl (C=O) groups excluding carboxylic acids is 4. The number of esters is 2. The Morgan fingerprint density at radius 3 is 1.70 bits per heavy atom. The molecule has 13 heteroatoms. The minimum Gasteiger partial charge on any atom is -0.506 e. The van der Waals surface area contributed by atoms with Crippen LogP contribution >= 0.6 is 15.9 Å². The number of alkyl halides is 2. The molecule has 57 heavy (non-hydrogen) atoms. The van der Waals surface area contributed by atoms with Crippen molar-refractivity contribution in [2.45, 2.75) is 102 Å². The van der Waals surface area contributed by atoms with Crippen molar-refractivity contribution in [3.8, 4) is 17.2 Å². The monoisotopic (exact) mass is 854 g/mol. The lowest BCUT2D eigenvalue weighted by atomic mass is 9.92. The van der Waals surface area contributed by atoms with Gasteiger partial charge in [-0.05, 0) is 154 Å². The van der Waals surface area contributed by atoms with Gasteiger partial charge < -0.3 is 24.4 Å². The van der Waals surface area contributed by atoms with E-state index in [0.717, 1.165) is 0 Å². The predicted molar refractivity (Wildman–Crippen MR) is 215 cm³/mol. The highest BCUT2D eigenvalue weighted by atomic mass is 79.9. The molecule has 2 aliphatic rings. The van der Waals surface area contributed by atoms with E-state index < -0.39 is 30.3 Å². The van der Waals surface area contributed by atoms with Crippen molar-refractivity contribution in [3.05, 3.63) is 106 Å². The average Bonchev–Trinajstić information content (AvgIpc) is 4.00. The molecule has 2 N–H and O–H groups in total. The molecule has 1 unspecified atom stereocenters. The number of phenols is 1. The van der Waals surface area contributed by atoms with Crippen LogP contribution in [0, 0.1) is 68.2 Å². The number of allylic oxidation sites excluding steroid dienone is 2. The molecule has 0 radical (unpaired) electrons. The summed E-state index contributed by atoms with van der Waals surface area (Å²) < 4.78 is 43.3. The Balaban J connectivity index is 0.000000284. The second kappa shape index (κ2) is 18.8. The fourth-order valence-corrected chi connectivity index (χ4v) is 7.23. The van der Waals surface area contributed by atoms with E-state index in [0.29, 0.717) is 50.1 Å². The summed E-state index contributed by atoms with van der Waals surface area (Å²) >= 11 is 3.20. The van der Waals surface area contributed by atoms with Gasteiger partial charge >= 0.3 is 17.9 Å². The molecule has 0 aromatic heterocycles. The number of Topliss-reactive ketones (excluding diaryl/α,β-unsaturated/α-hetero) is 1. The lowest BCUT2D eigenvalue weighted by molar-refractivity contribution is -0.137. The zero-order chi connectivity index (χ0) is 43.4. The number of carboxylic acid groups (broad SMARTS) is 1. The van der Waals surface area contributed by atoms with Crippen LogP contribution in [-0.2, 0) is 14.3 Å². The minimum absolute atomic E-state index is 0.109. The highest BCUT2D eigenvalue weighted by Crippen LogP contribution is 2.43. The Kier molecular flexibility index (Phi) is 15.3. The van der Waals surface area contributed by atoms with Crippen LogP contribution in [0.2, 0.25) is 0 Å². The molecule has 5 rings (SSSR count). The van der Waals surface area contributed by atoms with Gasteiger partial charge in [-0.15, -0.1) is 0 Å². The zero-order valence-corrected chi connectivity index (χ0v) is 35.9. The number of carbonyl (C=O) groups is 5. The lowest BCUT2D eigenvalue weighted by Crippen LogP contribution is -2.27. The van der Waals surface area contributed by atoms with Crippen molar-refractivity contribution >= 4 is 45.4 Å². The first kappa shape index (κ1) is 46.2. The number of halogens is 3. The maximum Gasteiger partial charge on any atom is 0.344 e. The highest BCUT2D eigenvalue weighted by molar-refractivity contribution is 9.10. The largest absolute Gasteiger partial charge is 0.506 e. The van der Waals surface area contributed by atoms with E-state index in [9.17, 15) is 43.0 Å². The number of phenolic OH excluding ortho intramolecular Hbond substituents is 1. The Labute approximate surface area is 340 Å². The molecule has 3 aromatic carbocycles. The molecule has 0 heterocycles. The van der Waals surface area contributed by atoms with Crippen LogP contribution in [0.5, 0.6) is 17.2 Å². The second-order valence-electron chi connectivity index (χ2n) is 14.3. The normalized spacial score (nSPS) is 14.3. The number of aromatic hydroxyl groups is 1. The number of carboxylic acids is 1. The molecule has 0 amide bonds. The van der Waals surface area contributed by atoms with Gasteiger partial charge in [-0.25, -0.2) is 18.4 Å². The van der Waals surface area contributed by atoms with Crippen LogP contribution in [-0.4, -0.2) is 46.8 Å². The van der Waals surface area contributed by atoms with Crippen LogP contribution in [0.3, 0.4) is 0 Å². The Bertz CT molecular complexity index is 2170. The van der Waals surface area contributed by atoms with E-state index in [4.69, 9.17) is 14.2 Å². The van der Waals surface area contributed by atoms with Gasteiger partial charge in [-0.2, -0.15) is 0 Å². The van der Waals surface area contributed by atoms with Crippen molar-refractivity contribution in [1.29, 1.82) is 0 Å². The van der Waals surface area contributed by atoms with E-state index in [-0.39, 0.29) is 66.9 Å². The summed E-state index contributed by atoms with van der Waals surface area (Å²) in [5.74, 6) is -3.56. The van der Waals surface area contributed by atoms with Crippen LogP contribution < -0.4 is 9.47 Å². The van der Waals surface area contributed by atoms with Gasteiger partial charge in [-0.3, -0.25) is 14.4 Å². The van der Waals surface area contributed by atoms with Crippen LogP contribution in [0.4, 0.5) is 8.78 Å². The van der Waals surface area contributed by atoms with Gasteiger partial charge in [0.15, 0.2) is 17.3 Å². The highest BCUT2D eigenvalue weighted by Gasteiger charge is 2.33. The zero-order valence-electron chi connectivity index (χ0n) is 34.3. The number of rotatable bonds is 8. The van der Waals surface area contributed by atoms with Crippen molar-refractivity contribution in [1.82, 2.24) is 0 Å². The first-order valence-corrected chi connectivity index (χ1v) is 19.0. The standard InChI is InChI=1S/C22H24F2O4.C19H19BrO6.C3H6/c1-9-8-10(2)17(15(7)16(9)20(23)24)22(27)28-19-13(5)11(3)18(21(25)26)12(4)14(19)6;1-8-6-12(22)7-13(25-5)14(8)19(24)26-18-10(3)9(2)15(11(4)21)17(23)16(18)20;1-2-3-1/h8,20H,1-7H3,(H,25,26);6-7,14,23H,1-5H3;1-3H2. The van der Waals surface area contributed by atoms with Crippen molar-refractivity contribution in [2.75, 3.05) is 7.11 Å². The molecule has 3 aromatic rings. The number of methoxy groups -OCH3 is 1. The summed E-state index contributed by atoms with van der Waals surface area (Å²) in [5, 5.41) is 19.8. The molecule has 0 bridgehead atoms. The van der Waals surface area contributed by atoms with Crippen molar-refractivity contribution in [3.63, 3.8) is 0 Å². The number of hydrogen-bond donors (Lipinski definition) is 2. The van der Waals surface area contributed by atoms with Crippen LogP contribution in [0.15, 0.2) is 34.0 Å². The Morgan fingerprint density at radius 2 is 1.25 bits per heavy atom. The van der Waals surface area contributed by atoms with E-state index >= 15 is 0 Å². The number of benzene rings is 3. The van der Waals surface area contributed by atoms with Crippen molar-refractivity contribution in [2.24, 2.45) is 5.92 Å². The van der Waals surface area contributed by atoms with Crippen LogP contribution in [0.25, 0.3) is 0 Å². The summed E-state index contributed by atoms with van der Waals surface area (Å²) in [7, 11) is 1.37. The topological polar surface area (TPSA) is 154 Å². The SMILES string of the molecule is C1CC1.COC1=CC(=O)C=C(C)C1C(=O)Oc1c(C)c(C)c(C(C)=O)c(O)c1Br.Cc1cc(C)c(C(F)F)c(C)c1C(=O)Oc1c(C)c(C)c(C(=O)O)c(C)c1C. The van der Waals surface area contributed by atoms with E-state index in [1.54, 1.807) is 68.4 Å². The molecular formula is C44H49BrF2O10. The number of ketones is 2. The minimum atomic E-state index is -2.70. The third kappa shape index (κ3) is 10.0. The van der Waals surface area contributed by atoms with Crippen molar-refractivity contribution < 1.29 is 57.2 Å². The molecule has 2 aliphatic carbocycles. The van der Waals surface area contributed by atoms with Gasteiger partial charge in [0.2, 0.25) is 0 Å². The van der Waals surface area contributed by atoms with Gasteiger partial charge in [0, 0.05) is 11.6 Å². The van der Waals surface area contributed by atoms with Gasteiger partial charge in [0.05, 0.1) is 23.8 Å². The molecule has 10 nitrogen and oxygen atoms in total. The molecule has 1 atom stereocenters. The summed E-state index contributed by atoms with van der Waals surface area (Å²) in [6, 6.07) is 1.55. The first-order valence-electron chi connectivity index (χ1n) is 18.2. The maximum absolute atomic E-state index is 13.4. The number of aromatic carboxylic acids is 1. The lowest BCUT2D eigenvalue weighted by Gasteiger charge is -2.23. The van der Waals surface area contributed by atoms with Gasteiger partial charge in [0.1, 0.15) is 27.6 Å². The Hall–Kier alpha value is -5.17. The van der Waals surface area contributed by atoms with E-state index in [2.05, 4.69) is 15.9 Å². The van der Waals surface area contributed by atoms with Crippen LogP contribution in [0.1, 0.15) is 126 Å². The molecule has 0 aliphatic heterocycles. The summed E-state index contributed by atoms with van der Waals surface area (Å²) in [6.07, 6.45) is 4.38. The molecule has 0 saturated heterocycles. The van der Waals surface area contributed by atoms with E-state index in [1.165, 1.54) is 52.4 Å². The maximum atomic E-state index is 13.4. The fourth-order valence-electron chi connectivity index (χ4n) is 6.65. The summed E-state index contributed by atoms with van der Waals surface area (Å²) in [6.45, 7) is 17.8. The molecule has 1 fully saturated rings. The van der Waals surface area contributed by atoms with E-state index in [1.807, 2.05) is 0 Å². The fraction of sp³-hybridized carbons (Fsp3) is 0.386. The third-order valence-corrected chi connectivity index (χ3v) is 10.9. The number of aryl methyl sites for hydroxylation is 2. The summed E-state index contributed by atoms with van der Waals surface area (Å²) in [4.78, 5) is 60.6. The first-order chi connectivity index (χ1) is 26.5. The predicted octanol–water partition coefficient (Wildman–Crippen LogP) is 10.4.